The standard InChI is InChI=1S/C34H42F3N3O12/c1-32(2,3)51-25(44)11-9-21(16-41)39-23(42)12-13-38-31(46)33-14-22-26-27(49-18-48-26)29(33)52-40(28(33)30(45)50-22)15-20-6-4-19(5-7-20)8-10-24(43)47-17-34(35,36)37/h4-8,10,21-22,26-29,41H,9,11-18H2,1-3H3,(H,38,46)(H,39,42). The van der Waals surface area contributed by atoms with Gasteiger partial charge in [-0.3, -0.25) is 24.0 Å². The topological polar surface area (TPSA) is 188 Å². The van der Waals surface area contributed by atoms with E-state index in [4.69, 9.17) is 23.8 Å². The molecule has 1 aromatic rings. The molecule has 15 nitrogen and oxygen atoms in total. The second-order valence-corrected chi connectivity index (χ2v) is 14.0. The van der Waals surface area contributed by atoms with Crippen molar-refractivity contribution in [2.75, 3.05) is 26.6 Å². The van der Waals surface area contributed by atoms with Crippen LogP contribution in [0.1, 0.15) is 57.6 Å². The SMILES string of the molecule is CC(C)(C)OC(=O)CCC(CO)NC(=O)CCNC(=O)C12CC3OC(=O)C1N(Cc1ccc(C=CC(=O)OCC(F)(F)F)cc1)OC2C1OCOC31. The molecule has 52 heavy (non-hydrogen) atoms. The summed E-state index contributed by atoms with van der Waals surface area (Å²) in [7, 11) is 0. The lowest BCUT2D eigenvalue weighted by Crippen LogP contribution is -2.69. The molecule has 3 heterocycles. The van der Waals surface area contributed by atoms with E-state index in [0.29, 0.717) is 11.1 Å². The Hall–Kier alpha value is -4.10. The Morgan fingerprint density at radius 3 is 2.48 bits per heavy atom. The van der Waals surface area contributed by atoms with Crippen LogP contribution in [0.2, 0.25) is 0 Å². The average molecular weight is 742 g/mol. The highest BCUT2D eigenvalue weighted by Crippen LogP contribution is 2.55. The van der Waals surface area contributed by atoms with Crippen LogP contribution in [0.4, 0.5) is 13.2 Å². The summed E-state index contributed by atoms with van der Waals surface area (Å²) < 4.78 is 63.6. The van der Waals surface area contributed by atoms with E-state index in [1.807, 2.05) is 0 Å². The number of benzene rings is 1. The number of hydrogen-bond acceptors (Lipinski definition) is 13. The molecule has 4 fully saturated rings. The summed E-state index contributed by atoms with van der Waals surface area (Å²) in [6, 6.07) is 4.59. The zero-order valence-corrected chi connectivity index (χ0v) is 28.8. The number of alkyl halides is 3. The van der Waals surface area contributed by atoms with Gasteiger partial charge in [0.25, 0.3) is 0 Å². The molecule has 286 valence electrons. The van der Waals surface area contributed by atoms with E-state index in [2.05, 4.69) is 15.4 Å². The van der Waals surface area contributed by atoms with Crippen LogP contribution in [0.15, 0.2) is 30.3 Å². The number of aliphatic hydroxyl groups excluding tert-OH is 1. The van der Waals surface area contributed by atoms with Crippen molar-refractivity contribution in [2.45, 2.75) is 101 Å². The Balaban J connectivity index is 1.22. The van der Waals surface area contributed by atoms with Gasteiger partial charge in [0.1, 0.15) is 42.2 Å². The van der Waals surface area contributed by atoms with Gasteiger partial charge in [-0.15, -0.1) is 0 Å². The third kappa shape index (κ3) is 9.27. The van der Waals surface area contributed by atoms with Crippen LogP contribution >= 0.6 is 0 Å². The predicted octanol–water partition coefficient (Wildman–Crippen LogP) is 1.45. The van der Waals surface area contributed by atoms with E-state index in [-0.39, 0.29) is 45.6 Å². The Bertz CT molecular complexity index is 1530. The number of ether oxygens (including phenoxy) is 5. The van der Waals surface area contributed by atoms with Crippen molar-refractivity contribution in [1.82, 2.24) is 15.7 Å². The molecule has 5 rings (SSSR count). The first kappa shape index (κ1) is 39.1. The second kappa shape index (κ2) is 15.9. The van der Waals surface area contributed by atoms with Crippen molar-refractivity contribution in [1.29, 1.82) is 0 Å². The molecule has 7 atom stereocenters. The smallest absolute Gasteiger partial charge is 0.422 e. The lowest BCUT2D eigenvalue weighted by Gasteiger charge is -2.48. The Kier molecular flexibility index (Phi) is 11.9. The number of nitrogens with one attached hydrogen (secondary N) is 2. The maximum atomic E-state index is 14.1. The van der Waals surface area contributed by atoms with E-state index in [1.165, 1.54) is 11.1 Å². The van der Waals surface area contributed by atoms with E-state index in [0.717, 1.165) is 6.08 Å². The van der Waals surface area contributed by atoms with Gasteiger partial charge in [-0.2, -0.15) is 18.2 Å². The van der Waals surface area contributed by atoms with Gasteiger partial charge < -0.3 is 39.4 Å². The van der Waals surface area contributed by atoms with Crippen LogP contribution in [-0.4, -0.2) is 115 Å². The molecule has 18 heteroatoms. The Labute approximate surface area is 297 Å². The molecule has 3 aliphatic heterocycles. The summed E-state index contributed by atoms with van der Waals surface area (Å²) in [6.07, 6.45) is -5.58. The minimum Gasteiger partial charge on any atom is -0.460 e. The molecule has 2 amide bonds. The number of rotatable bonds is 14. The monoisotopic (exact) mass is 741 g/mol. The Morgan fingerprint density at radius 2 is 1.81 bits per heavy atom. The quantitative estimate of drug-likeness (QED) is 0.141. The second-order valence-electron chi connectivity index (χ2n) is 14.0. The van der Waals surface area contributed by atoms with Crippen LogP contribution in [0.25, 0.3) is 6.08 Å². The summed E-state index contributed by atoms with van der Waals surface area (Å²) in [5.41, 5.74) is -1.03. The Morgan fingerprint density at radius 1 is 1.10 bits per heavy atom. The molecule has 3 saturated heterocycles. The largest absolute Gasteiger partial charge is 0.460 e. The van der Waals surface area contributed by atoms with Crippen LogP contribution < -0.4 is 10.6 Å². The maximum absolute atomic E-state index is 14.1. The number of amides is 2. The zero-order chi connectivity index (χ0) is 37.8. The predicted molar refractivity (Wildman–Crippen MR) is 170 cm³/mol. The molecule has 0 spiro atoms. The van der Waals surface area contributed by atoms with Gasteiger partial charge in [-0.25, -0.2) is 4.79 Å². The molecule has 3 N–H and O–H groups in total. The number of carbonyl (C=O) groups excluding carboxylic acids is 5. The fourth-order valence-electron chi connectivity index (χ4n) is 6.76. The maximum Gasteiger partial charge on any atom is 0.422 e. The first-order valence-corrected chi connectivity index (χ1v) is 16.8. The number of fused-ring (bicyclic) bond motifs is 4. The van der Waals surface area contributed by atoms with E-state index < -0.39 is 96.6 Å². The summed E-state index contributed by atoms with van der Waals surface area (Å²) >= 11 is 0. The number of carbonyl (C=O) groups is 5. The highest BCUT2D eigenvalue weighted by Gasteiger charge is 2.74. The van der Waals surface area contributed by atoms with Crippen LogP contribution in [-0.2, 0) is 59.0 Å². The number of hydroxylamine groups is 2. The number of esters is 3. The summed E-state index contributed by atoms with van der Waals surface area (Å²) in [6.45, 7) is 2.90. The first-order chi connectivity index (χ1) is 24.5. The number of halogens is 3. The summed E-state index contributed by atoms with van der Waals surface area (Å²) in [4.78, 5) is 70.3. The lowest BCUT2D eigenvalue weighted by molar-refractivity contribution is -0.201. The fraction of sp³-hybridized carbons (Fsp3) is 0.618. The van der Waals surface area contributed by atoms with Gasteiger partial charge in [0.05, 0.1) is 19.2 Å². The molecule has 7 unspecified atom stereocenters. The molecule has 1 saturated carbocycles. The number of nitrogens with zero attached hydrogens (tertiary/aromatic N) is 1. The van der Waals surface area contributed by atoms with Crippen LogP contribution in [0.3, 0.4) is 0 Å². The molecule has 0 aromatic heterocycles. The minimum atomic E-state index is -4.64. The fourth-order valence-corrected chi connectivity index (χ4v) is 6.76. The van der Waals surface area contributed by atoms with Crippen molar-refractivity contribution in [3.05, 3.63) is 41.5 Å². The van der Waals surface area contributed by atoms with Crippen LogP contribution in [0.5, 0.6) is 0 Å². The van der Waals surface area contributed by atoms with Gasteiger partial charge in [0.2, 0.25) is 11.8 Å². The highest BCUT2D eigenvalue weighted by molar-refractivity contribution is 5.94. The van der Waals surface area contributed by atoms with Gasteiger partial charge in [-0.1, -0.05) is 24.3 Å². The normalized spacial score (nSPS) is 27.4. The third-order valence-corrected chi connectivity index (χ3v) is 8.94. The van der Waals surface area contributed by atoms with Gasteiger partial charge in [0.15, 0.2) is 12.6 Å². The van der Waals surface area contributed by atoms with E-state index in [1.54, 1.807) is 45.0 Å². The zero-order valence-electron chi connectivity index (χ0n) is 28.8. The molecular formula is C34H42F3N3O12. The van der Waals surface area contributed by atoms with Gasteiger partial charge in [-0.05, 0) is 44.4 Å². The van der Waals surface area contributed by atoms with Crippen molar-refractivity contribution in [3.8, 4) is 0 Å². The van der Waals surface area contributed by atoms with Crippen molar-refractivity contribution in [2.24, 2.45) is 5.41 Å². The molecule has 2 bridgehead atoms. The molecule has 1 aliphatic carbocycles. The van der Waals surface area contributed by atoms with Crippen molar-refractivity contribution >= 4 is 35.8 Å². The minimum absolute atomic E-state index is 0.0140. The number of aliphatic hydroxyl groups is 1. The third-order valence-electron chi connectivity index (χ3n) is 8.94. The molecule has 0 radical (unpaired) electrons. The lowest BCUT2D eigenvalue weighted by atomic mass is 9.62. The van der Waals surface area contributed by atoms with Crippen LogP contribution in [0, 0.1) is 5.41 Å². The van der Waals surface area contributed by atoms with E-state index in [9.17, 15) is 42.3 Å². The van der Waals surface area contributed by atoms with Crippen molar-refractivity contribution in [3.63, 3.8) is 0 Å². The van der Waals surface area contributed by atoms with Crippen molar-refractivity contribution < 1.29 is 70.8 Å². The van der Waals surface area contributed by atoms with Gasteiger partial charge >= 0.3 is 24.1 Å². The first-order valence-electron chi connectivity index (χ1n) is 16.8. The number of hydrogen-bond donors (Lipinski definition) is 3. The van der Waals surface area contributed by atoms with Gasteiger partial charge in [0, 0.05) is 31.9 Å². The average Bonchev–Trinajstić information content (AvgIpc) is 3.69. The molecule has 4 aliphatic rings. The molecule has 1 aromatic carbocycles. The summed E-state index contributed by atoms with van der Waals surface area (Å²) in [5, 5.41) is 16.5. The van der Waals surface area contributed by atoms with E-state index >= 15 is 0 Å². The summed E-state index contributed by atoms with van der Waals surface area (Å²) in [5.74, 6) is -3.35. The molecular weight excluding hydrogens is 699 g/mol. The highest BCUT2D eigenvalue weighted by atomic mass is 19.4.